The number of aromatic nitrogens is 3. The second-order valence-corrected chi connectivity index (χ2v) is 15.7. The van der Waals surface area contributed by atoms with Gasteiger partial charge in [-0.1, -0.05) is 29.6 Å². The van der Waals surface area contributed by atoms with Crippen LogP contribution >= 0.6 is 11.6 Å². The molecule has 51 heavy (non-hydrogen) atoms. The van der Waals surface area contributed by atoms with Crippen molar-refractivity contribution < 1.29 is 19.0 Å². The Hall–Kier alpha value is -2.85. The summed E-state index contributed by atoms with van der Waals surface area (Å²) in [4.78, 5) is 18.3. The standard InChI is InChI=1S/C37H41B4ClFN5O3/c1-6-25-20(2)15-27(42)29(23-7-8-23)30(25)31-21(3)26(9-12-44-31)28-22(4)45-33(46-32(28)47-13-14-50-19-34(5,49)18-47)51-37(40,41)35-10-11-36(38,39)48(35)17-24(43)16-35/h6,9,12,15,23-24,49H,1,7-8,10-11,13-14,16-19H2,2-5H3/t24-,34-,35?/m0/s1. The summed E-state index contributed by atoms with van der Waals surface area (Å²) in [5, 5.41) is 8.75. The number of nitrogens with zero attached hydrogens (tertiary/aromatic N) is 5. The molecule has 2 aromatic heterocycles. The predicted molar refractivity (Wildman–Crippen MR) is 203 cm³/mol. The van der Waals surface area contributed by atoms with E-state index in [2.05, 4.69) is 6.58 Å². The van der Waals surface area contributed by atoms with E-state index in [1.807, 2.05) is 43.9 Å². The number of benzene rings is 1. The molecule has 1 N–H and O–H groups in total. The minimum atomic E-state index is -1.95. The summed E-state index contributed by atoms with van der Waals surface area (Å²) in [5.74, 6) is 0.850. The molecular formula is C37H41B4ClFN5O3. The van der Waals surface area contributed by atoms with Crippen LogP contribution in [0.15, 0.2) is 24.9 Å². The topological polar surface area (TPSA) is 83.8 Å². The molecule has 3 aromatic rings. The van der Waals surface area contributed by atoms with Gasteiger partial charge in [-0.25, -0.2) is 4.39 Å². The molecule has 1 aliphatic carbocycles. The van der Waals surface area contributed by atoms with E-state index < -0.39 is 28.0 Å². The number of anilines is 1. The molecule has 14 heteroatoms. The number of halogens is 2. The average molecular weight is 701 g/mol. The SMILES string of the molecule is [B]C1([B])CCC2(C([B])([B])Oc3nc(C)c(-c4ccnc(-c5c(C=C)c(C)cc(Cl)c5C5CC5)c4C)c(N4CCOC[C@@](C)(O)C4)n3)C[C@H](F)CN12. The first-order valence-corrected chi connectivity index (χ1v) is 18.0. The minimum Gasteiger partial charge on any atom is -0.475 e. The molecule has 0 amide bonds. The van der Waals surface area contributed by atoms with Crippen LogP contribution < -0.4 is 9.64 Å². The summed E-state index contributed by atoms with van der Waals surface area (Å²) < 4.78 is 27.1. The van der Waals surface area contributed by atoms with Gasteiger partial charge in [0, 0.05) is 52.8 Å². The largest absolute Gasteiger partial charge is 0.475 e. The molecule has 8 radical (unpaired) electrons. The fraction of sp³-hybridized carbons (Fsp3) is 0.541. The van der Waals surface area contributed by atoms with Gasteiger partial charge >= 0.3 is 6.01 Å². The van der Waals surface area contributed by atoms with E-state index in [1.54, 1.807) is 18.0 Å². The number of rotatable bonds is 8. The van der Waals surface area contributed by atoms with Crippen molar-refractivity contribution in [3.8, 4) is 28.4 Å². The molecular weight excluding hydrogens is 660 g/mol. The van der Waals surface area contributed by atoms with E-state index in [0.29, 0.717) is 43.4 Å². The van der Waals surface area contributed by atoms with Gasteiger partial charge in [0.25, 0.3) is 0 Å². The Morgan fingerprint density at radius 1 is 1.18 bits per heavy atom. The maximum atomic E-state index is 15.0. The predicted octanol–water partition coefficient (Wildman–Crippen LogP) is 4.83. The first-order valence-electron chi connectivity index (χ1n) is 17.6. The van der Waals surface area contributed by atoms with Crippen LogP contribution in [0.2, 0.25) is 5.02 Å². The number of pyridine rings is 1. The number of alkyl halides is 1. The van der Waals surface area contributed by atoms with Gasteiger partial charge in [0.05, 0.1) is 46.8 Å². The van der Waals surface area contributed by atoms with E-state index in [-0.39, 0.29) is 32.1 Å². The number of hydrogen-bond acceptors (Lipinski definition) is 8. The summed E-state index contributed by atoms with van der Waals surface area (Å²) in [6.45, 7) is 12.9. The number of aryl methyl sites for hydroxylation is 2. The molecule has 0 bridgehead atoms. The first kappa shape index (κ1) is 36.5. The highest BCUT2D eigenvalue weighted by atomic mass is 35.5. The van der Waals surface area contributed by atoms with Gasteiger partial charge < -0.3 is 24.4 Å². The lowest BCUT2D eigenvalue weighted by molar-refractivity contribution is -0.0123. The maximum absolute atomic E-state index is 15.0. The van der Waals surface area contributed by atoms with Crippen LogP contribution in [-0.2, 0) is 4.74 Å². The molecule has 7 rings (SSSR count). The lowest BCUT2D eigenvalue weighted by atomic mass is 9.52. The van der Waals surface area contributed by atoms with Crippen molar-refractivity contribution in [1.82, 2.24) is 19.9 Å². The molecule has 1 saturated carbocycles. The highest BCUT2D eigenvalue weighted by Gasteiger charge is 2.62. The summed E-state index contributed by atoms with van der Waals surface area (Å²) in [7, 11) is 26.3. The summed E-state index contributed by atoms with van der Waals surface area (Å²) in [6, 6.07) is 3.86. The van der Waals surface area contributed by atoms with Crippen molar-refractivity contribution >= 4 is 54.9 Å². The van der Waals surface area contributed by atoms with Gasteiger partial charge in [-0.05, 0) is 99.2 Å². The average Bonchev–Trinajstić information content (AvgIpc) is 3.79. The van der Waals surface area contributed by atoms with E-state index in [1.165, 1.54) is 0 Å². The molecule has 258 valence electrons. The van der Waals surface area contributed by atoms with Crippen LogP contribution in [0, 0.1) is 20.8 Å². The van der Waals surface area contributed by atoms with Crippen molar-refractivity contribution in [2.24, 2.45) is 0 Å². The number of fused-ring (bicyclic) bond motifs is 1. The number of β-amino-alcohol motifs (C(OH)–C–C–N with tert-alkyl or cyclic N) is 1. The third-order valence-electron chi connectivity index (χ3n) is 11.1. The highest BCUT2D eigenvalue weighted by molar-refractivity contribution is 6.42. The van der Waals surface area contributed by atoms with Crippen LogP contribution in [0.5, 0.6) is 6.01 Å². The number of hydrogen-bond donors (Lipinski definition) is 1. The van der Waals surface area contributed by atoms with Crippen LogP contribution in [0.4, 0.5) is 10.2 Å². The van der Waals surface area contributed by atoms with Crippen LogP contribution in [0.3, 0.4) is 0 Å². The Kier molecular flexibility index (Phi) is 9.25. The molecule has 3 aliphatic heterocycles. The molecule has 4 fully saturated rings. The Labute approximate surface area is 310 Å². The molecule has 3 saturated heterocycles. The van der Waals surface area contributed by atoms with Gasteiger partial charge in [0.15, 0.2) is 0 Å². The van der Waals surface area contributed by atoms with Crippen molar-refractivity contribution in [1.29, 1.82) is 0 Å². The third kappa shape index (κ3) is 6.34. The zero-order valence-corrected chi connectivity index (χ0v) is 30.6. The van der Waals surface area contributed by atoms with Crippen molar-refractivity contribution in [2.75, 3.05) is 37.7 Å². The van der Waals surface area contributed by atoms with E-state index in [0.717, 1.165) is 62.5 Å². The Morgan fingerprint density at radius 3 is 2.63 bits per heavy atom. The molecule has 4 aliphatic rings. The van der Waals surface area contributed by atoms with E-state index in [9.17, 15) is 9.50 Å². The van der Waals surface area contributed by atoms with Gasteiger partial charge in [0.2, 0.25) is 0 Å². The van der Waals surface area contributed by atoms with E-state index in [4.69, 9.17) is 67.4 Å². The Morgan fingerprint density at radius 2 is 1.92 bits per heavy atom. The van der Waals surface area contributed by atoms with E-state index >= 15 is 0 Å². The van der Waals surface area contributed by atoms with Crippen molar-refractivity contribution in [3.63, 3.8) is 0 Å². The molecule has 1 unspecified atom stereocenters. The van der Waals surface area contributed by atoms with Crippen molar-refractivity contribution in [2.45, 2.75) is 93.8 Å². The smallest absolute Gasteiger partial charge is 0.317 e. The zero-order valence-electron chi connectivity index (χ0n) is 29.8. The molecule has 5 heterocycles. The summed E-state index contributed by atoms with van der Waals surface area (Å²) >= 11 is 6.93. The Bertz CT molecular complexity index is 1890. The lowest BCUT2D eigenvalue weighted by Crippen LogP contribution is -2.66. The molecule has 8 nitrogen and oxygen atoms in total. The second-order valence-electron chi connectivity index (χ2n) is 15.3. The fourth-order valence-corrected chi connectivity index (χ4v) is 8.95. The monoisotopic (exact) mass is 701 g/mol. The van der Waals surface area contributed by atoms with Gasteiger partial charge in [0.1, 0.15) is 33.3 Å². The lowest BCUT2D eigenvalue weighted by Gasteiger charge is -2.49. The summed E-state index contributed by atoms with van der Waals surface area (Å²) in [5.41, 5.74) is 5.57. The van der Waals surface area contributed by atoms with Crippen LogP contribution in [0.1, 0.15) is 72.9 Å². The van der Waals surface area contributed by atoms with Gasteiger partial charge in [-0.2, -0.15) is 9.97 Å². The highest BCUT2D eigenvalue weighted by Crippen LogP contribution is 2.52. The van der Waals surface area contributed by atoms with Crippen LogP contribution in [-0.4, -0.2) is 117 Å². The number of aliphatic hydroxyl groups is 1. The maximum Gasteiger partial charge on any atom is 0.317 e. The molecule has 3 atom stereocenters. The minimum absolute atomic E-state index is 0.00388. The Balaban J connectivity index is 1.38. The normalized spacial score (nSPS) is 26.6. The number of ether oxygens (including phenoxy) is 2. The molecule has 0 spiro atoms. The zero-order chi connectivity index (χ0) is 36.7. The van der Waals surface area contributed by atoms with Crippen LogP contribution in [0.25, 0.3) is 28.5 Å². The van der Waals surface area contributed by atoms with Gasteiger partial charge in [-0.15, -0.1) is 0 Å². The van der Waals surface area contributed by atoms with Crippen molar-refractivity contribution in [3.05, 3.63) is 57.9 Å². The first-order chi connectivity index (χ1) is 24.0. The quantitative estimate of drug-likeness (QED) is 0.335. The summed E-state index contributed by atoms with van der Waals surface area (Å²) in [6.07, 6.45) is 5.24. The second kappa shape index (κ2) is 12.9. The third-order valence-corrected chi connectivity index (χ3v) is 11.5. The van der Waals surface area contributed by atoms with Gasteiger partial charge in [-0.3, -0.25) is 4.98 Å². The fourth-order valence-electron chi connectivity index (χ4n) is 8.53. The molecule has 1 aromatic carbocycles.